The van der Waals surface area contributed by atoms with Crippen LogP contribution in [0.1, 0.15) is 6.92 Å². The molecule has 1 unspecified atom stereocenters. The van der Waals surface area contributed by atoms with Gasteiger partial charge in [0.2, 0.25) is 11.9 Å². The van der Waals surface area contributed by atoms with Crippen LogP contribution in [0, 0.1) is 0 Å². The van der Waals surface area contributed by atoms with Crippen LogP contribution in [0.4, 0.5) is 5.95 Å². The summed E-state index contributed by atoms with van der Waals surface area (Å²) in [6.45, 7) is 6.90. The molecule has 0 radical (unpaired) electrons. The first-order valence-corrected chi connectivity index (χ1v) is 6.94. The maximum atomic E-state index is 11.3. The van der Waals surface area contributed by atoms with Crippen molar-refractivity contribution in [1.82, 2.24) is 20.2 Å². The highest BCUT2D eigenvalue weighted by Gasteiger charge is 2.18. The van der Waals surface area contributed by atoms with Crippen molar-refractivity contribution in [3.63, 3.8) is 0 Å². The molecule has 7 nitrogen and oxygen atoms in total. The number of hydrogen-bond acceptors (Lipinski definition) is 6. The van der Waals surface area contributed by atoms with Crippen molar-refractivity contribution in [2.75, 3.05) is 44.2 Å². The molecular formula is C13H23ClN6O. The highest BCUT2D eigenvalue weighted by Crippen LogP contribution is 2.08. The summed E-state index contributed by atoms with van der Waals surface area (Å²) in [6.07, 6.45) is 3.52. The van der Waals surface area contributed by atoms with Crippen LogP contribution in [0.2, 0.25) is 0 Å². The third kappa shape index (κ3) is 5.45. The number of carbonyl (C=O) groups excluding carboxylic acids is 1. The molecule has 8 heteroatoms. The first-order valence-electron chi connectivity index (χ1n) is 6.94. The number of nitrogens with one attached hydrogen (secondary N) is 1. The third-order valence-electron chi connectivity index (χ3n) is 3.35. The molecule has 1 amide bonds. The molecule has 0 saturated carbocycles. The van der Waals surface area contributed by atoms with Crippen molar-refractivity contribution < 1.29 is 4.79 Å². The second kappa shape index (κ2) is 8.76. The lowest BCUT2D eigenvalue weighted by Gasteiger charge is -2.34. The molecule has 0 aromatic carbocycles. The van der Waals surface area contributed by atoms with Crippen molar-refractivity contribution in [3.8, 4) is 0 Å². The van der Waals surface area contributed by atoms with E-state index in [0.717, 1.165) is 38.7 Å². The largest absolute Gasteiger partial charge is 0.353 e. The minimum atomic E-state index is -0.443. The van der Waals surface area contributed by atoms with Gasteiger partial charge in [-0.2, -0.15) is 0 Å². The van der Waals surface area contributed by atoms with Gasteiger partial charge in [0.15, 0.2) is 0 Å². The van der Waals surface area contributed by atoms with Crippen LogP contribution < -0.4 is 16.0 Å². The third-order valence-corrected chi connectivity index (χ3v) is 3.35. The molecular weight excluding hydrogens is 292 g/mol. The molecule has 2 heterocycles. The van der Waals surface area contributed by atoms with Gasteiger partial charge in [0, 0.05) is 51.7 Å². The number of nitrogens with zero attached hydrogens (tertiary/aromatic N) is 4. The summed E-state index contributed by atoms with van der Waals surface area (Å²) in [4.78, 5) is 24.4. The highest BCUT2D eigenvalue weighted by atomic mass is 35.5. The lowest BCUT2D eigenvalue weighted by atomic mass is 10.3. The van der Waals surface area contributed by atoms with Crippen LogP contribution >= 0.6 is 12.4 Å². The Hall–Kier alpha value is -1.44. The number of rotatable bonds is 5. The molecule has 0 spiro atoms. The normalized spacial score (nSPS) is 17.0. The van der Waals surface area contributed by atoms with Crippen molar-refractivity contribution in [2.24, 2.45) is 5.73 Å². The monoisotopic (exact) mass is 314 g/mol. The number of hydrogen-bond donors (Lipinski definition) is 2. The van der Waals surface area contributed by atoms with Gasteiger partial charge >= 0.3 is 0 Å². The summed E-state index contributed by atoms with van der Waals surface area (Å²) in [7, 11) is 0. The molecule has 1 fully saturated rings. The van der Waals surface area contributed by atoms with Crippen molar-refractivity contribution in [3.05, 3.63) is 18.5 Å². The summed E-state index contributed by atoms with van der Waals surface area (Å²) in [5.41, 5.74) is 5.49. The molecule has 2 rings (SSSR count). The molecule has 21 heavy (non-hydrogen) atoms. The van der Waals surface area contributed by atoms with E-state index >= 15 is 0 Å². The molecule has 1 aromatic heterocycles. The molecule has 1 aliphatic heterocycles. The number of amides is 1. The van der Waals surface area contributed by atoms with E-state index in [1.165, 1.54) is 0 Å². The van der Waals surface area contributed by atoms with Crippen LogP contribution in [0.15, 0.2) is 18.5 Å². The minimum absolute atomic E-state index is 0. The van der Waals surface area contributed by atoms with Gasteiger partial charge in [0.25, 0.3) is 0 Å². The number of aromatic nitrogens is 2. The quantitative estimate of drug-likeness (QED) is 0.761. The maximum Gasteiger partial charge on any atom is 0.236 e. The topological polar surface area (TPSA) is 87.4 Å². The van der Waals surface area contributed by atoms with E-state index in [-0.39, 0.29) is 18.3 Å². The highest BCUT2D eigenvalue weighted by molar-refractivity contribution is 5.85. The number of piperazine rings is 1. The van der Waals surface area contributed by atoms with Crippen LogP contribution in [0.3, 0.4) is 0 Å². The van der Waals surface area contributed by atoms with Crippen LogP contribution in [-0.2, 0) is 4.79 Å². The van der Waals surface area contributed by atoms with E-state index in [0.29, 0.717) is 6.54 Å². The Bertz CT molecular complexity index is 422. The Kier molecular flexibility index (Phi) is 7.35. The average Bonchev–Trinajstić information content (AvgIpc) is 2.48. The Balaban J connectivity index is 0.00000220. The number of nitrogens with two attached hydrogens (primary N) is 1. The van der Waals surface area contributed by atoms with Gasteiger partial charge in [0.05, 0.1) is 6.04 Å². The predicted octanol–water partition coefficient (Wildman–Crippen LogP) is -0.516. The molecule has 0 bridgehead atoms. The van der Waals surface area contributed by atoms with Crippen LogP contribution in [0.25, 0.3) is 0 Å². The first-order chi connectivity index (χ1) is 9.66. The fraction of sp³-hybridized carbons (Fsp3) is 0.615. The maximum absolute atomic E-state index is 11.3. The number of carbonyl (C=O) groups is 1. The number of anilines is 1. The Morgan fingerprint density at radius 2 is 1.95 bits per heavy atom. The summed E-state index contributed by atoms with van der Waals surface area (Å²) in [5, 5.41) is 2.83. The lowest BCUT2D eigenvalue weighted by molar-refractivity contribution is -0.122. The van der Waals surface area contributed by atoms with Gasteiger partial charge in [-0.25, -0.2) is 9.97 Å². The van der Waals surface area contributed by atoms with Crippen LogP contribution in [-0.4, -0.2) is 66.1 Å². The first kappa shape index (κ1) is 17.6. The van der Waals surface area contributed by atoms with Gasteiger partial charge in [-0.05, 0) is 13.0 Å². The average molecular weight is 315 g/mol. The van der Waals surface area contributed by atoms with Gasteiger partial charge < -0.3 is 16.0 Å². The Morgan fingerprint density at radius 3 is 2.52 bits per heavy atom. The fourth-order valence-corrected chi connectivity index (χ4v) is 2.12. The molecule has 0 aliphatic carbocycles. The van der Waals surface area contributed by atoms with Gasteiger partial charge in [-0.15, -0.1) is 12.4 Å². The molecule has 1 aliphatic rings. The molecule has 1 aromatic rings. The summed E-state index contributed by atoms with van der Waals surface area (Å²) in [5.74, 6) is 0.693. The zero-order valence-electron chi connectivity index (χ0n) is 12.2. The fourth-order valence-electron chi connectivity index (χ4n) is 2.12. The standard InChI is InChI=1S/C13H22N6O.ClH/c1-11(14)12(20)15-5-6-18-7-9-19(10-8-18)13-16-3-2-4-17-13;/h2-4,11H,5-10,14H2,1H3,(H,15,20);1H. The summed E-state index contributed by atoms with van der Waals surface area (Å²) in [6, 6.07) is 1.38. The molecule has 1 saturated heterocycles. The molecule has 3 N–H and O–H groups in total. The van der Waals surface area contributed by atoms with Crippen LogP contribution in [0.5, 0.6) is 0 Å². The van der Waals surface area contributed by atoms with E-state index in [1.807, 2.05) is 6.07 Å². The Morgan fingerprint density at radius 1 is 1.33 bits per heavy atom. The Labute approximate surface area is 131 Å². The second-order valence-electron chi connectivity index (χ2n) is 4.96. The lowest BCUT2D eigenvalue weighted by Crippen LogP contribution is -2.49. The number of halogens is 1. The second-order valence-corrected chi connectivity index (χ2v) is 4.96. The van der Waals surface area contributed by atoms with E-state index in [2.05, 4.69) is 25.1 Å². The van der Waals surface area contributed by atoms with E-state index in [1.54, 1.807) is 19.3 Å². The van der Waals surface area contributed by atoms with Gasteiger partial charge in [-0.1, -0.05) is 0 Å². The zero-order valence-corrected chi connectivity index (χ0v) is 13.1. The van der Waals surface area contributed by atoms with Crippen molar-refractivity contribution >= 4 is 24.3 Å². The summed E-state index contributed by atoms with van der Waals surface area (Å²) >= 11 is 0. The molecule has 118 valence electrons. The van der Waals surface area contributed by atoms with E-state index < -0.39 is 6.04 Å². The smallest absolute Gasteiger partial charge is 0.236 e. The van der Waals surface area contributed by atoms with E-state index in [4.69, 9.17) is 5.73 Å². The van der Waals surface area contributed by atoms with Gasteiger partial charge in [-0.3, -0.25) is 9.69 Å². The van der Waals surface area contributed by atoms with Crippen molar-refractivity contribution in [2.45, 2.75) is 13.0 Å². The van der Waals surface area contributed by atoms with Gasteiger partial charge in [0.1, 0.15) is 0 Å². The summed E-state index contributed by atoms with van der Waals surface area (Å²) < 4.78 is 0. The predicted molar refractivity (Wildman–Crippen MR) is 84.6 cm³/mol. The minimum Gasteiger partial charge on any atom is -0.353 e. The van der Waals surface area contributed by atoms with E-state index in [9.17, 15) is 4.79 Å². The van der Waals surface area contributed by atoms with Crippen molar-refractivity contribution in [1.29, 1.82) is 0 Å². The molecule has 1 atom stereocenters. The SMILES string of the molecule is CC(N)C(=O)NCCN1CCN(c2ncccn2)CC1.Cl. The zero-order chi connectivity index (χ0) is 14.4.